The van der Waals surface area contributed by atoms with E-state index in [9.17, 15) is 9.18 Å². The van der Waals surface area contributed by atoms with Gasteiger partial charge in [0.15, 0.2) is 0 Å². The quantitative estimate of drug-likeness (QED) is 0.741. The lowest BCUT2D eigenvalue weighted by Gasteiger charge is -2.50. The standard InChI is InChI=1S/C21H24FN3O3/c22-19-12-17(4-9-24-19)20(26)25-10-5-18-21(14-25,6-1-11-28-18)15-27-13-16-2-7-23-8-3-16/h2-4,7-9,12,18H,1,5-6,10-11,13-15H2/t18-,21+/m0/s1. The summed E-state index contributed by atoms with van der Waals surface area (Å²) in [7, 11) is 0. The predicted octanol–water partition coefficient (Wildman–Crippen LogP) is 2.84. The molecular formula is C21H24FN3O3. The number of hydrogen-bond acceptors (Lipinski definition) is 5. The molecule has 1 amide bonds. The van der Waals surface area contributed by atoms with Gasteiger partial charge in [0, 0.05) is 55.3 Å². The van der Waals surface area contributed by atoms with E-state index in [1.54, 1.807) is 23.4 Å². The number of amides is 1. The third-order valence-corrected chi connectivity index (χ3v) is 5.66. The number of halogens is 1. The summed E-state index contributed by atoms with van der Waals surface area (Å²) in [6.07, 6.45) is 7.56. The molecule has 0 aromatic carbocycles. The molecule has 2 aliphatic heterocycles. The number of pyridine rings is 2. The van der Waals surface area contributed by atoms with Crippen molar-refractivity contribution in [1.29, 1.82) is 0 Å². The molecule has 2 aromatic rings. The molecule has 2 fully saturated rings. The Balaban J connectivity index is 1.47. The third kappa shape index (κ3) is 4.05. The Bertz CT molecular complexity index is 820. The molecule has 0 radical (unpaired) electrons. The zero-order chi connectivity index (χ0) is 19.4. The summed E-state index contributed by atoms with van der Waals surface area (Å²) in [5.41, 5.74) is 1.16. The fourth-order valence-corrected chi connectivity index (χ4v) is 4.24. The van der Waals surface area contributed by atoms with Gasteiger partial charge < -0.3 is 14.4 Å². The highest BCUT2D eigenvalue weighted by Crippen LogP contribution is 2.41. The number of ether oxygens (including phenoxy) is 2. The van der Waals surface area contributed by atoms with Gasteiger partial charge in [0.1, 0.15) is 0 Å². The first kappa shape index (κ1) is 19.0. The predicted molar refractivity (Wildman–Crippen MR) is 100 cm³/mol. The molecule has 2 aromatic heterocycles. The van der Waals surface area contributed by atoms with Gasteiger partial charge in [-0.1, -0.05) is 0 Å². The van der Waals surface area contributed by atoms with Crippen LogP contribution in [0.4, 0.5) is 4.39 Å². The van der Waals surface area contributed by atoms with Gasteiger partial charge >= 0.3 is 0 Å². The summed E-state index contributed by atoms with van der Waals surface area (Å²) in [4.78, 5) is 22.3. The van der Waals surface area contributed by atoms with Crippen LogP contribution in [0.2, 0.25) is 0 Å². The molecule has 0 aliphatic carbocycles. The topological polar surface area (TPSA) is 64.6 Å². The second-order valence-electron chi connectivity index (χ2n) is 7.56. The molecule has 148 valence electrons. The minimum Gasteiger partial charge on any atom is -0.377 e. The van der Waals surface area contributed by atoms with E-state index < -0.39 is 5.95 Å². The van der Waals surface area contributed by atoms with Crippen molar-refractivity contribution in [3.8, 4) is 0 Å². The molecule has 6 nitrogen and oxygen atoms in total. The average molecular weight is 385 g/mol. The zero-order valence-electron chi connectivity index (χ0n) is 15.7. The number of nitrogens with zero attached hydrogens (tertiary/aromatic N) is 3. The largest absolute Gasteiger partial charge is 0.377 e. The molecular weight excluding hydrogens is 361 g/mol. The molecule has 4 heterocycles. The fraction of sp³-hybridized carbons (Fsp3) is 0.476. The molecule has 2 saturated heterocycles. The van der Waals surface area contributed by atoms with Crippen LogP contribution in [0.15, 0.2) is 42.9 Å². The molecule has 28 heavy (non-hydrogen) atoms. The Hall–Kier alpha value is -2.38. The molecule has 2 atom stereocenters. The fourth-order valence-electron chi connectivity index (χ4n) is 4.24. The van der Waals surface area contributed by atoms with Crippen molar-refractivity contribution in [1.82, 2.24) is 14.9 Å². The number of rotatable bonds is 5. The van der Waals surface area contributed by atoms with Crippen LogP contribution in [0, 0.1) is 11.4 Å². The minimum atomic E-state index is -0.642. The number of carbonyl (C=O) groups is 1. The maximum Gasteiger partial charge on any atom is 0.254 e. The van der Waals surface area contributed by atoms with Gasteiger partial charge in [0.05, 0.1) is 19.3 Å². The van der Waals surface area contributed by atoms with Crippen molar-refractivity contribution in [2.75, 3.05) is 26.3 Å². The van der Waals surface area contributed by atoms with Gasteiger partial charge in [0.25, 0.3) is 5.91 Å². The van der Waals surface area contributed by atoms with Crippen molar-refractivity contribution in [2.45, 2.75) is 32.0 Å². The van der Waals surface area contributed by atoms with Crippen molar-refractivity contribution in [3.05, 3.63) is 59.9 Å². The van der Waals surface area contributed by atoms with Gasteiger partial charge in [-0.25, -0.2) is 4.98 Å². The lowest BCUT2D eigenvalue weighted by molar-refractivity contribution is -0.148. The minimum absolute atomic E-state index is 0.0805. The number of likely N-dealkylation sites (tertiary alicyclic amines) is 1. The molecule has 0 bridgehead atoms. The smallest absolute Gasteiger partial charge is 0.254 e. The van der Waals surface area contributed by atoms with Gasteiger partial charge in [-0.05, 0) is 43.0 Å². The van der Waals surface area contributed by atoms with Crippen LogP contribution in [-0.4, -0.2) is 53.2 Å². The molecule has 0 saturated carbocycles. The summed E-state index contributed by atoms with van der Waals surface area (Å²) in [6, 6.07) is 6.61. The van der Waals surface area contributed by atoms with E-state index >= 15 is 0 Å². The number of carbonyl (C=O) groups excluding carboxylic acids is 1. The van der Waals surface area contributed by atoms with Gasteiger partial charge in [0.2, 0.25) is 5.95 Å². The second-order valence-corrected chi connectivity index (χ2v) is 7.56. The average Bonchev–Trinajstić information content (AvgIpc) is 2.73. The maximum atomic E-state index is 13.4. The molecule has 0 N–H and O–H groups in total. The second kappa shape index (κ2) is 8.32. The Morgan fingerprint density at radius 3 is 3.00 bits per heavy atom. The van der Waals surface area contributed by atoms with Crippen LogP contribution in [0.1, 0.15) is 35.2 Å². The van der Waals surface area contributed by atoms with Crippen LogP contribution in [0.25, 0.3) is 0 Å². The number of piperidine rings is 1. The van der Waals surface area contributed by atoms with E-state index in [2.05, 4.69) is 9.97 Å². The van der Waals surface area contributed by atoms with E-state index in [1.165, 1.54) is 12.3 Å². The zero-order valence-corrected chi connectivity index (χ0v) is 15.7. The summed E-state index contributed by atoms with van der Waals surface area (Å²) < 4.78 is 25.5. The summed E-state index contributed by atoms with van der Waals surface area (Å²) in [5, 5.41) is 0. The van der Waals surface area contributed by atoms with E-state index in [0.717, 1.165) is 31.4 Å². The van der Waals surface area contributed by atoms with Gasteiger partial charge in [-0.2, -0.15) is 4.39 Å². The molecule has 2 aliphatic rings. The van der Waals surface area contributed by atoms with Crippen LogP contribution >= 0.6 is 0 Å². The Labute approximate surface area is 163 Å². The van der Waals surface area contributed by atoms with Crippen molar-refractivity contribution >= 4 is 5.91 Å². The van der Waals surface area contributed by atoms with Gasteiger partial charge in [-0.15, -0.1) is 0 Å². The first-order chi connectivity index (χ1) is 13.7. The number of hydrogen-bond donors (Lipinski definition) is 0. The van der Waals surface area contributed by atoms with Crippen LogP contribution in [0.3, 0.4) is 0 Å². The Morgan fingerprint density at radius 2 is 2.18 bits per heavy atom. The normalized spacial score (nSPS) is 24.6. The molecule has 0 unspecified atom stereocenters. The highest BCUT2D eigenvalue weighted by Gasteiger charge is 2.47. The van der Waals surface area contributed by atoms with Crippen LogP contribution < -0.4 is 0 Å². The van der Waals surface area contributed by atoms with Crippen LogP contribution in [-0.2, 0) is 16.1 Å². The number of fused-ring (bicyclic) bond motifs is 1. The van der Waals surface area contributed by atoms with E-state index in [4.69, 9.17) is 9.47 Å². The summed E-state index contributed by atoms with van der Waals surface area (Å²) in [6.45, 7) is 2.92. The number of aromatic nitrogens is 2. The Kier molecular flexibility index (Phi) is 5.64. The van der Waals surface area contributed by atoms with E-state index in [1.807, 2.05) is 12.1 Å². The highest BCUT2D eigenvalue weighted by molar-refractivity contribution is 5.94. The monoisotopic (exact) mass is 385 g/mol. The van der Waals surface area contributed by atoms with E-state index in [0.29, 0.717) is 31.9 Å². The van der Waals surface area contributed by atoms with E-state index in [-0.39, 0.29) is 17.4 Å². The third-order valence-electron chi connectivity index (χ3n) is 5.66. The van der Waals surface area contributed by atoms with Crippen LogP contribution in [0.5, 0.6) is 0 Å². The highest BCUT2D eigenvalue weighted by atomic mass is 19.1. The lowest BCUT2D eigenvalue weighted by atomic mass is 9.73. The first-order valence-corrected chi connectivity index (χ1v) is 9.65. The summed E-state index contributed by atoms with van der Waals surface area (Å²) >= 11 is 0. The van der Waals surface area contributed by atoms with Crippen molar-refractivity contribution in [3.63, 3.8) is 0 Å². The van der Waals surface area contributed by atoms with Crippen molar-refractivity contribution in [2.24, 2.45) is 5.41 Å². The maximum absolute atomic E-state index is 13.4. The van der Waals surface area contributed by atoms with Crippen molar-refractivity contribution < 1.29 is 18.7 Å². The first-order valence-electron chi connectivity index (χ1n) is 9.65. The summed E-state index contributed by atoms with van der Waals surface area (Å²) in [5.74, 6) is -0.809. The lowest BCUT2D eigenvalue weighted by Crippen LogP contribution is -2.58. The Morgan fingerprint density at radius 1 is 1.32 bits per heavy atom. The van der Waals surface area contributed by atoms with Gasteiger partial charge in [-0.3, -0.25) is 9.78 Å². The molecule has 7 heteroatoms. The molecule has 4 rings (SSSR count). The SMILES string of the molecule is O=C(c1ccnc(F)c1)N1CC[C@@H]2OCCC[C@]2(COCc2ccncc2)C1. The molecule has 0 spiro atoms.